The van der Waals surface area contributed by atoms with Crippen LogP contribution in [0.25, 0.3) is 5.69 Å². The van der Waals surface area contributed by atoms with Crippen LogP contribution in [0, 0.1) is 0 Å². The summed E-state index contributed by atoms with van der Waals surface area (Å²) in [7, 11) is 0. The summed E-state index contributed by atoms with van der Waals surface area (Å²) < 4.78 is 4.07. The molecule has 0 bridgehead atoms. The zero-order chi connectivity index (χ0) is 17.8. The van der Waals surface area contributed by atoms with E-state index in [4.69, 9.17) is 5.73 Å². The molecule has 0 aliphatic rings. The summed E-state index contributed by atoms with van der Waals surface area (Å²) in [6, 6.07) is 18.5. The maximum Gasteiger partial charge on any atom is 0.113 e. The lowest BCUT2D eigenvalue weighted by Crippen LogP contribution is -2.06. The number of benzene rings is 2. The summed E-state index contributed by atoms with van der Waals surface area (Å²) in [5.41, 5.74) is 10.3. The fraction of sp³-hybridized carbons (Fsp3) is 0.143. The van der Waals surface area contributed by atoms with Crippen molar-refractivity contribution in [2.75, 3.05) is 0 Å². The summed E-state index contributed by atoms with van der Waals surface area (Å²) >= 11 is 0. The third-order valence-corrected chi connectivity index (χ3v) is 4.40. The topological polar surface area (TPSA) is 61.7 Å². The second-order valence-electron chi connectivity index (χ2n) is 6.30. The SMILES string of the molecule is NCc1cccc(Cn2ccnc2Cc2cnn(-c3ccccc3)c2)c1. The molecule has 0 amide bonds. The Morgan fingerprint density at radius 3 is 2.62 bits per heavy atom. The Bertz CT molecular complexity index is 984. The van der Waals surface area contributed by atoms with Gasteiger partial charge in [-0.15, -0.1) is 0 Å². The van der Waals surface area contributed by atoms with Crippen molar-refractivity contribution in [3.05, 3.63) is 102 Å². The second-order valence-corrected chi connectivity index (χ2v) is 6.30. The van der Waals surface area contributed by atoms with E-state index in [-0.39, 0.29) is 0 Å². The summed E-state index contributed by atoms with van der Waals surface area (Å²) in [6.45, 7) is 1.35. The normalized spacial score (nSPS) is 11.0. The van der Waals surface area contributed by atoms with Gasteiger partial charge in [0.25, 0.3) is 0 Å². The molecule has 0 unspecified atom stereocenters. The first-order valence-electron chi connectivity index (χ1n) is 8.69. The molecule has 130 valence electrons. The lowest BCUT2D eigenvalue weighted by Gasteiger charge is -2.08. The standard InChI is InChI=1S/C21H21N5/c22-13-17-5-4-6-18(11-17)15-25-10-9-23-21(25)12-19-14-24-26(16-19)20-7-2-1-3-8-20/h1-11,14,16H,12-13,15,22H2. The van der Waals surface area contributed by atoms with E-state index in [1.54, 1.807) is 0 Å². The fourth-order valence-electron chi connectivity index (χ4n) is 3.06. The second kappa shape index (κ2) is 7.37. The molecule has 2 N–H and O–H groups in total. The Balaban J connectivity index is 1.51. The molecule has 4 aromatic rings. The van der Waals surface area contributed by atoms with E-state index in [9.17, 15) is 0 Å². The third-order valence-electron chi connectivity index (χ3n) is 4.40. The Morgan fingerprint density at radius 2 is 1.77 bits per heavy atom. The highest BCUT2D eigenvalue weighted by atomic mass is 15.3. The van der Waals surface area contributed by atoms with E-state index in [1.165, 1.54) is 5.56 Å². The highest BCUT2D eigenvalue weighted by Gasteiger charge is 2.08. The number of hydrogen-bond acceptors (Lipinski definition) is 3. The van der Waals surface area contributed by atoms with E-state index in [0.29, 0.717) is 6.54 Å². The Labute approximate surface area is 152 Å². The molecule has 0 saturated heterocycles. The van der Waals surface area contributed by atoms with Crippen molar-refractivity contribution >= 4 is 0 Å². The molecule has 2 heterocycles. The van der Waals surface area contributed by atoms with Crippen molar-refractivity contribution in [3.63, 3.8) is 0 Å². The van der Waals surface area contributed by atoms with Gasteiger partial charge in [0.05, 0.1) is 11.9 Å². The predicted molar refractivity (Wildman–Crippen MR) is 102 cm³/mol. The molecule has 0 aliphatic carbocycles. The number of para-hydroxylation sites is 1. The van der Waals surface area contributed by atoms with Gasteiger partial charge < -0.3 is 10.3 Å². The summed E-state index contributed by atoms with van der Waals surface area (Å²) in [5.74, 6) is 1.02. The highest BCUT2D eigenvalue weighted by molar-refractivity contribution is 5.31. The molecule has 0 spiro atoms. The van der Waals surface area contributed by atoms with E-state index in [1.807, 2.05) is 53.6 Å². The first-order valence-corrected chi connectivity index (χ1v) is 8.69. The summed E-state index contributed by atoms with van der Waals surface area (Å²) in [5, 5.41) is 4.47. The van der Waals surface area contributed by atoms with Crippen LogP contribution >= 0.6 is 0 Å². The number of imidazole rings is 1. The van der Waals surface area contributed by atoms with Gasteiger partial charge in [0.1, 0.15) is 5.82 Å². The lowest BCUT2D eigenvalue weighted by atomic mass is 10.1. The number of aromatic nitrogens is 4. The van der Waals surface area contributed by atoms with Crippen LogP contribution in [0.3, 0.4) is 0 Å². The molecule has 0 fully saturated rings. The maximum atomic E-state index is 5.75. The fourth-order valence-corrected chi connectivity index (χ4v) is 3.06. The van der Waals surface area contributed by atoms with Crippen LogP contribution in [0.2, 0.25) is 0 Å². The third kappa shape index (κ3) is 3.58. The van der Waals surface area contributed by atoms with Gasteiger partial charge >= 0.3 is 0 Å². The van der Waals surface area contributed by atoms with Crippen LogP contribution in [0.5, 0.6) is 0 Å². The van der Waals surface area contributed by atoms with Crippen molar-refractivity contribution < 1.29 is 0 Å². The monoisotopic (exact) mass is 343 g/mol. The Kier molecular flexibility index (Phi) is 4.62. The van der Waals surface area contributed by atoms with Crippen LogP contribution in [0.15, 0.2) is 79.4 Å². The molecule has 5 heteroatoms. The van der Waals surface area contributed by atoms with Gasteiger partial charge in [-0.2, -0.15) is 5.10 Å². The number of nitrogens with zero attached hydrogens (tertiary/aromatic N) is 4. The van der Waals surface area contributed by atoms with E-state index < -0.39 is 0 Å². The highest BCUT2D eigenvalue weighted by Crippen LogP contribution is 2.13. The Hall–Kier alpha value is -3.18. The summed E-state index contributed by atoms with van der Waals surface area (Å²) in [4.78, 5) is 4.53. The van der Waals surface area contributed by atoms with E-state index >= 15 is 0 Å². The first kappa shape index (κ1) is 16.3. The number of nitrogens with two attached hydrogens (primary N) is 1. The molecule has 0 aliphatic heterocycles. The molecule has 2 aromatic heterocycles. The molecule has 2 aromatic carbocycles. The molecule has 26 heavy (non-hydrogen) atoms. The van der Waals surface area contributed by atoms with Crippen molar-refractivity contribution in [2.45, 2.75) is 19.5 Å². The predicted octanol–water partition coefficient (Wildman–Crippen LogP) is 3.17. The zero-order valence-electron chi connectivity index (χ0n) is 14.5. The quantitative estimate of drug-likeness (QED) is 0.585. The smallest absolute Gasteiger partial charge is 0.113 e. The van der Waals surface area contributed by atoms with Crippen molar-refractivity contribution in [1.29, 1.82) is 0 Å². The molecule has 0 saturated carbocycles. The molecule has 0 radical (unpaired) electrons. The summed E-state index contributed by atoms with van der Waals surface area (Å²) in [6.07, 6.45) is 8.58. The lowest BCUT2D eigenvalue weighted by molar-refractivity contribution is 0.739. The molecule has 0 atom stereocenters. The number of rotatable bonds is 6. The first-order chi connectivity index (χ1) is 12.8. The Morgan fingerprint density at radius 1 is 0.923 bits per heavy atom. The molecule has 4 rings (SSSR count). The van der Waals surface area contributed by atoms with Crippen molar-refractivity contribution in [1.82, 2.24) is 19.3 Å². The van der Waals surface area contributed by atoms with Crippen LogP contribution in [0.4, 0.5) is 0 Å². The van der Waals surface area contributed by atoms with Crippen molar-refractivity contribution in [3.8, 4) is 5.69 Å². The van der Waals surface area contributed by atoms with Crippen molar-refractivity contribution in [2.24, 2.45) is 5.73 Å². The molecule has 5 nitrogen and oxygen atoms in total. The van der Waals surface area contributed by atoms with E-state index in [2.05, 4.69) is 45.1 Å². The van der Waals surface area contributed by atoms with Gasteiger partial charge in [-0.3, -0.25) is 0 Å². The zero-order valence-corrected chi connectivity index (χ0v) is 14.5. The number of hydrogen-bond donors (Lipinski definition) is 1. The van der Waals surface area contributed by atoms with Gasteiger partial charge in [-0.05, 0) is 28.8 Å². The van der Waals surface area contributed by atoms with Gasteiger partial charge in [-0.1, -0.05) is 42.5 Å². The molecular formula is C21H21N5. The van der Waals surface area contributed by atoms with Gasteiger partial charge in [0.2, 0.25) is 0 Å². The van der Waals surface area contributed by atoms with Gasteiger partial charge in [0, 0.05) is 38.1 Å². The minimum Gasteiger partial charge on any atom is -0.330 e. The van der Waals surface area contributed by atoms with Crippen LogP contribution < -0.4 is 5.73 Å². The average Bonchev–Trinajstić information content (AvgIpc) is 3.33. The van der Waals surface area contributed by atoms with E-state index in [0.717, 1.165) is 35.6 Å². The van der Waals surface area contributed by atoms with Crippen LogP contribution in [0.1, 0.15) is 22.5 Å². The van der Waals surface area contributed by atoms with Crippen LogP contribution in [-0.4, -0.2) is 19.3 Å². The van der Waals surface area contributed by atoms with Gasteiger partial charge in [0.15, 0.2) is 0 Å². The maximum absolute atomic E-state index is 5.75. The largest absolute Gasteiger partial charge is 0.330 e. The molecular weight excluding hydrogens is 322 g/mol. The van der Waals surface area contributed by atoms with Gasteiger partial charge in [-0.25, -0.2) is 9.67 Å². The average molecular weight is 343 g/mol. The van der Waals surface area contributed by atoms with Crippen LogP contribution in [-0.2, 0) is 19.5 Å². The minimum atomic E-state index is 0.559. The minimum absolute atomic E-state index is 0.559.